The lowest BCUT2D eigenvalue weighted by atomic mass is 10.0. The number of pyridine rings is 1. The quantitative estimate of drug-likeness (QED) is 0.677. The predicted molar refractivity (Wildman–Crippen MR) is 77.9 cm³/mol. The normalized spacial score (nSPS) is 12.5. The van der Waals surface area contributed by atoms with Crippen LogP contribution in [-0.4, -0.2) is 4.98 Å². The van der Waals surface area contributed by atoms with Crippen LogP contribution in [0.1, 0.15) is 16.4 Å². The van der Waals surface area contributed by atoms with E-state index in [9.17, 15) is 0 Å². The van der Waals surface area contributed by atoms with Crippen LogP contribution in [0.2, 0.25) is 0 Å². The van der Waals surface area contributed by atoms with Gasteiger partial charge in [0, 0.05) is 11.6 Å². The van der Waals surface area contributed by atoms with Crippen LogP contribution < -0.4 is 0 Å². The molecule has 0 aliphatic rings. The molecule has 2 heteroatoms. The van der Waals surface area contributed by atoms with Crippen molar-refractivity contribution >= 4 is 23.5 Å². The second kappa shape index (κ2) is 4.83. The van der Waals surface area contributed by atoms with E-state index in [4.69, 9.17) is 12.6 Å². The maximum absolute atomic E-state index is 4.71. The summed E-state index contributed by atoms with van der Waals surface area (Å²) in [4.78, 5) is 4.46. The van der Waals surface area contributed by atoms with E-state index in [1.54, 1.807) is 0 Å². The number of aromatic nitrogens is 1. The van der Waals surface area contributed by atoms with Crippen LogP contribution in [0.4, 0.5) is 0 Å². The van der Waals surface area contributed by atoms with E-state index in [-0.39, 0.29) is 5.25 Å². The number of fused-ring (bicyclic) bond motifs is 1. The van der Waals surface area contributed by atoms with E-state index < -0.39 is 0 Å². The van der Waals surface area contributed by atoms with Gasteiger partial charge in [-0.05, 0) is 23.3 Å². The Morgan fingerprint density at radius 3 is 2.72 bits per heavy atom. The average Bonchev–Trinajstić information content (AvgIpc) is 2.47. The van der Waals surface area contributed by atoms with Gasteiger partial charge in [-0.3, -0.25) is 4.98 Å². The molecule has 1 heterocycles. The Kier molecular flexibility index (Phi) is 3.03. The second-order valence-corrected chi connectivity index (χ2v) is 4.66. The first-order valence-electron chi connectivity index (χ1n) is 5.84. The molecular formula is C16H12NS. The summed E-state index contributed by atoms with van der Waals surface area (Å²) >= 11 is 4.71. The van der Waals surface area contributed by atoms with Crippen molar-refractivity contribution in [2.75, 3.05) is 0 Å². The van der Waals surface area contributed by atoms with E-state index in [0.717, 1.165) is 22.0 Å². The second-order valence-electron chi connectivity index (χ2n) is 4.14. The zero-order valence-corrected chi connectivity index (χ0v) is 10.6. The van der Waals surface area contributed by atoms with E-state index in [0.29, 0.717) is 0 Å². The number of hydrogen-bond donors (Lipinski definition) is 1. The Morgan fingerprint density at radius 1 is 1.00 bits per heavy atom. The van der Waals surface area contributed by atoms with Gasteiger partial charge in [-0.15, -0.1) is 0 Å². The smallest absolute Gasteiger partial charge is 0.0748 e. The van der Waals surface area contributed by atoms with Crippen molar-refractivity contribution in [3.8, 4) is 0 Å². The Bertz CT molecular complexity index is 659. The number of rotatable bonds is 2. The van der Waals surface area contributed by atoms with Gasteiger partial charge in [0.2, 0.25) is 0 Å². The van der Waals surface area contributed by atoms with Crippen LogP contribution in [0, 0.1) is 6.07 Å². The fraction of sp³-hybridized carbons (Fsp3) is 0.0625. The first kappa shape index (κ1) is 11.3. The first-order chi connectivity index (χ1) is 8.86. The third-order valence-electron chi connectivity index (χ3n) is 2.99. The maximum Gasteiger partial charge on any atom is 0.0748 e. The van der Waals surface area contributed by atoms with Gasteiger partial charge in [0.15, 0.2) is 0 Å². The van der Waals surface area contributed by atoms with E-state index in [1.807, 2.05) is 42.6 Å². The lowest BCUT2D eigenvalue weighted by Crippen LogP contribution is -1.95. The molecular weight excluding hydrogens is 238 g/mol. The van der Waals surface area contributed by atoms with Crippen molar-refractivity contribution < 1.29 is 0 Å². The van der Waals surface area contributed by atoms with Crippen LogP contribution in [0.3, 0.4) is 0 Å². The van der Waals surface area contributed by atoms with Gasteiger partial charge in [-0.2, -0.15) is 12.6 Å². The summed E-state index contributed by atoms with van der Waals surface area (Å²) < 4.78 is 0. The number of para-hydroxylation sites is 1. The molecule has 0 bridgehead atoms. The van der Waals surface area contributed by atoms with Crippen molar-refractivity contribution in [2.24, 2.45) is 0 Å². The highest BCUT2D eigenvalue weighted by atomic mass is 32.1. The molecule has 0 N–H and O–H groups in total. The minimum absolute atomic E-state index is 0.00444. The van der Waals surface area contributed by atoms with Crippen LogP contribution in [0.5, 0.6) is 0 Å². The zero-order valence-electron chi connectivity index (χ0n) is 9.75. The lowest BCUT2D eigenvalue weighted by molar-refractivity contribution is 1.17. The third kappa shape index (κ3) is 2.00. The molecule has 18 heavy (non-hydrogen) atoms. The minimum atomic E-state index is 0.00444. The highest BCUT2D eigenvalue weighted by Crippen LogP contribution is 2.31. The van der Waals surface area contributed by atoms with Crippen LogP contribution in [-0.2, 0) is 0 Å². The molecule has 1 nitrogen and oxygen atoms in total. The van der Waals surface area contributed by atoms with Crippen LogP contribution in [0.15, 0.2) is 60.8 Å². The molecule has 2 aromatic carbocycles. The summed E-state index contributed by atoms with van der Waals surface area (Å²) in [5.74, 6) is 0. The largest absolute Gasteiger partial charge is 0.256 e. The highest BCUT2D eigenvalue weighted by Gasteiger charge is 2.12. The zero-order chi connectivity index (χ0) is 12.4. The molecule has 1 unspecified atom stereocenters. The monoisotopic (exact) mass is 250 g/mol. The van der Waals surface area contributed by atoms with Crippen molar-refractivity contribution in [3.05, 3.63) is 78.0 Å². The molecule has 0 saturated carbocycles. The molecule has 1 atom stereocenters. The molecule has 1 aromatic heterocycles. The van der Waals surface area contributed by atoms with Gasteiger partial charge in [0.1, 0.15) is 0 Å². The molecule has 0 aliphatic carbocycles. The molecule has 87 valence electrons. The topological polar surface area (TPSA) is 12.9 Å². The molecule has 0 amide bonds. The molecule has 0 aliphatic heterocycles. The van der Waals surface area contributed by atoms with Gasteiger partial charge in [0.25, 0.3) is 0 Å². The van der Waals surface area contributed by atoms with Gasteiger partial charge >= 0.3 is 0 Å². The molecule has 0 fully saturated rings. The fourth-order valence-corrected chi connectivity index (χ4v) is 2.46. The Morgan fingerprint density at radius 2 is 1.89 bits per heavy atom. The lowest BCUT2D eigenvalue weighted by Gasteiger charge is -2.13. The predicted octanol–water partition coefficient (Wildman–Crippen LogP) is 4.05. The van der Waals surface area contributed by atoms with Crippen molar-refractivity contribution in [2.45, 2.75) is 5.25 Å². The molecule has 1 radical (unpaired) electrons. The van der Waals surface area contributed by atoms with E-state index >= 15 is 0 Å². The van der Waals surface area contributed by atoms with Crippen molar-refractivity contribution in [1.29, 1.82) is 0 Å². The minimum Gasteiger partial charge on any atom is -0.256 e. The van der Waals surface area contributed by atoms with Gasteiger partial charge in [0.05, 0.1) is 10.8 Å². The SMILES string of the molecule is SC(c1[c]cccc1)c1cccc2cccnc12. The Balaban J connectivity index is 2.15. The van der Waals surface area contributed by atoms with Crippen molar-refractivity contribution in [1.82, 2.24) is 4.98 Å². The standard InChI is InChI=1S/C16H12NS/c18-16(13-6-2-1-3-7-13)14-10-4-8-12-9-5-11-17-15(12)14/h1-6,8-11,16,18H. The molecule has 0 saturated heterocycles. The highest BCUT2D eigenvalue weighted by molar-refractivity contribution is 7.80. The summed E-state index contributed by atoms with van der Waals surface area (Å²) in [6, 6.07) is 21.4. The Labute approximate surface area is 112 Å². The van der Waals surface area contributed by atoms with Gasteiger partial charge in [-0.1, -0.05) is 48.5 Å². The van der Waals surface area contributed by atoms with Crippen LogP contribution in [0.25, 0.3) is 10.9 Å². The number of benzene rings is 2. The fourth-order valence-electron chi connectivity index (χ4n) is 2.09. The van der Waals surface area contributed by atoms with Gasteiger partial charge in [-0.25, -0.2) is 0 Å². The van der Waals surface area contributed by atoms with Gasteiger partial charge < -0.3 is 0 Å². The first-order valence-corrected chi connectivity index (χ1v) is 6.36. The molecule has 3 rings (SSSR count). The summed E-state index contributed by atoms with van der Waals surface area (Å²) in [7, 11) is 0. The Hall–Kier alpha value is -1.80. The average molecular weight is 250 g/mol. The van der Waals surface area contributed by atoms with E-state index in [2.05, 4.69) is 29.2 Å². The number of hydrogen-bond acceptors (Lipinski definition) is 2. The van der Waals surface area contributed by atoms with Crippen molar-refractivity contribution in [3.63, 3.8) is 0 Å². The van der Waals surface area contributed by atoms with E-state index in [1.165, 1.54) is 0 Å². The number of thiol groups is 1. The summed E-state index contributed by atoms with van der Waals surface area (Å²) in [6.07, 6.45) is 1.82. The third-order valence-corrected chi connectivity index (χ3v) is 3.54. The summed E-state index contributed by atoms with van der Waals surface area (Å²) in [5.41, 5.74) is 3.20. The maximum atomic E-state index is 4.71. The summed E-state index contributed by atoms with van der Waals surface area (Å²) in [5, 5.41) is 1.15. The van der Waals surface area contributed by atoms with Crippen LogP contribution >= 0.6 is 12.6 Å². The molecule has 3 aromatic rings. The molecule has 0 spiro atoms. The number of nitrogens with zero attached hydrogens (tertiary/aromatic N) is 1. The summed E-state index contributed by atoms with van der Waals surface area (Å²) in [6.45, 7) is 0.